The molecule has 0 bridgehead atoms. The lowest BCUT2D eigenvalue weighted by molar-refractivity contribution is 0.102. The average molecular weight is 506 g/mol. The third-order valence-electron chi connectivity index (χ3n) is 5.67. The molecular formula is C24H22F3N3O4S. The zero-order chi connectivity index (χ0) is 25.2. The Morgan fingerprint density at radius 1 is 0.857 bits per heavy atom. The van der Waals surface area contributed by atoms with E-state index in [0.29, 0.717) is 13.1 Å². The van der Waals surface area contributed by atoms with Crippen LogP contribution in [0.3, 0.4) is 0 Å². The average Bonchev–Trinajstić information content (AvgIpc) is 2.86. The molecule has 1 aliphatic heterocycles. The van der Waals surface area contributed by atoms with Crippen molar-refractivity contribution < 1.29 is 31.1 Å². The molecule has 4 rings (SSSR count). The first-order valence-corrected chi connectivity index (χ1v) is 12.1. The van der Waals surface area contributed by atoms with E-state index in [1.54, 1.807) is 7.11 Å². The quantitative estimate of drug-likeness (QED) is 0.550. The van der Waals surface area contributed by atoms with E-state index in [2.05, 4.69) is 5.32 Å². The minimum absolute atomic E-state index is 0.101. The second-order valence-corrected chi connectivity index (χ2v) is 9.75. The molecule has 11 heteroatoms. The number of ether oxygens (including phenoxy) is 1. The number of methoxy groups -OCH3 is 1. The maximum atomic E-state index is 14.4. The van der Waals surface area contributed by atoms with Gasteiger partial charge in [0.2, 0.25) is 10.0 Å². The molecule has 3 aromatic carbocycles. The second kappa shape index (κ2) is 9.96. The van der Waals surface area contributed by atoms with Crippen LogP contribution in [0.1, 0.15) is 10.4 Å². The maximum absolute atomic E-state index is 14.4. The van der Waals surface area contributed by atoms with Gasteiger partial charge in [0, 0.05) is 43.6 Å². The van der Waals surface area contributed by atoms with E-state index >= 15 is 0 Å². The van der Waals surface area contributed by atoms with Crippen LogP contribution in [0, 0.1) is 17.5 Å². The number of hydrogen-bond donors (Lipinski definition) is 1. The first kappa shape index (κ1) is 24.6. The Kier molecular flexibility index (Phi) is 6.99. The summed E-state index contributed by atoms with van der Waals surface area (Å²) in [5.41, 5.74) is 0.296. The van der Waals surface area contributed by atoms with Crippen molar-refractivity contribution in [3.8, 4) is 5.75 Å². The molecule has 0 aliphatic carbocycles. The molecule has 0 atom stereocenters. The zero-order valence-corrected chi connectivity index (χ0v) is 19.5. The van der Waals surface area contributed by atoms with E-state index in [4.69, 9.17) is 4.74 Å². The summed E-state index contributed by atoms with van der Waals surface area (Å²) in [5, 5.41) is 2.25. The predicted molar refractivity (Wildman–Crippen MR) is 125 cm³/mol. The van der Waals surface area contributed by atoms with Gasteiger partial charge in [-0.2, -0.15) is 4.31 Å². The highest BCUT2D eigenvalue weighted by molar-refractivity contribution is 7.89. The minimum atomic E-state index is -4.01. The number of nitrogens with zero attached hydrogens (tertiary/aromatic N) is 2. The number of nitrogens with one attached hydrogen (secondary N) is 1. The van der Waals surface area contributed by atoms with Gasteiger partial charge >= 0.3 is 0 Å². The Labute approximate surface area is 200 Å². The number of anilines is 2. The predicted octanol–water partition coefficient (Wildman–Crippen LogP) is 3.88. The lowest BCUT2D eigenvalue weighted by atomic mass is 10.2. The van der Waals surface area contributed by atoms with Gasteiger partial charge in [0.15, 0.2) is 11.6 Å². The van der Waals surface area contributed by atoms with Crippen molar-refractivity contribution in [1.29, 1.82) is 0 Å². The number of rotatable bonds is 6. The Bertz CT molecular complexity index is 1340. The fourth-order valence-corrected chi connectivity index (χ4v) is 5.19. The first-order chi connectivity index (χ1) is 16.7. The molecule has 1 fully saturated rings. The van der Waals surface area contributed by atoms with Crippen molar-refractivity contribution in [2.45, 2.75) is 4.90 Å². The summed E-state index contributed by atoms with van der Waals surface area (Å²) in [4.78, 5) is 14.3. The van der Waals surface area contributed by atoms with Gasteiger partial charge in [0.25, 0.3) is 5.91 Å². The number of benzene rings is 3. The number of piperazine rings is 1. The number of carbonyl (C=O) groups excluding carboxylic acids is 1. The lowest BCUT2D eigenvalue weighted by Gasteiger charge is -2.35. The van der Waals surface area contributed by atoms with Crippen molar-refractivity contribution in [3.05, 3.63) is 83.7 Å². The lowest BCUT2D eigenvalue weighted by Crippen LogP contribution is -2.48. The van der Waals surface area contributed by atoms with Crippen LogP contribution in [0.5, 0.6) is 5.75 Å². The summed E-state index contributed by atoms with van der Waals surface area (Å²) in [6.07, 6.45) is 0. The van der Waals surface area contributed by atoms with Crippen molar-refractivity contribution in [1.82, 2.24) is 4.31 Å². The van der Waals surface area contributed by atoms with Crippen LogP contribution >= 0.6 is 0 Å². The number of hydrogen-bond acceptors (Lipinski definition) is 5. The molecule has 1 heterocycles. The van der Waals surface area contributed by atoms with Gasteiger partial charge in [-0.15, -0.1) is 0 Å². The second-order valence-electron chi connectivity index (χ2n) is 7.81. The molecule has 0 aromatic heterocycles. The van der Waals surface area contributed by atoms with Crippen molar-refractivity contribution in [3.63, 3.8) is 0 Å². The molecule has 0 radical (unpaired) electrons. The summed E-state index contributed by atoms with van der Waals surface area (Å²) in [6.45, 7) is 1.27. The maximum Gasteiger partial charge on any atom is 0.258 e. The van der Waals surface area contributed by atoms with Gasteiger partial charge in [-0.3, -0.25) is 4.79 Å². The number of carbonyl (C=O) groups is 1. The largest absolute Gasteiger partial charge is 0.497 e. The molecule has 184 valence electrons. The van der Waals surface area contributed by atoms with E-state index in [-0.39, 0.29) is 23.7 Å². The highest BCUT2D eigenvalue weighted by atomic mass is 32.2. The van der Waals surface area contributed by atoms with Crippen molar-refractivity contribution in [2.24, 2.45) is 0 Å². The Hall–Kier alpha value is -3.57. The molecule has 0 spiro atoms. The topological polar surface area (TPSA) is 79.0 Å². The van der Waals surface area contributed by atoms with E-state index in [0.717, 1.165) is 47.8 Å². The van der Waals surface area contributed by atoms with Crippen LogP contribution in [0.25, 0.3) is 0 Å². The Morgan fingerprint density at radius 3 is 2.14 bits per heavy atom. The molecule has 0 saturated carbocycles. The molecule has 1 aliphatic rings. The van der Waals surface area contributed by atoms with Crippen LogP contribution in [0.4, 0.5) is 24.5 Å². The fraction of sp³-hybridized carbons (Fsp3) is 0.208. The normalized spacial score (nSPS) is 14.6. The van der Waals surface area contributed by atoms with Gasteiger partial charge in [-0.1, -0.05) is 0 Å². The Balaban J connectivity index is 1.48. The third-order valence-corrected chi connectivity index (χ3v) is 7.57. The monoisotopic (exact) mass is 505 g/mol. The molecule has 7 nitrogen and oxygen atoms in total. The van der Waals surface area contributed by atoms with E-state index in [1.165, 1.54) is 4.31 Å². The number of amides is 1. The van der Waals surface area contributed by atoms with Gasteiger partial charge in [0.1, 0.15) is 11.6 Å². The standard InChI is InChI=1S/C24H22F3N3O4S/c1-34-18-5-3-17(4-6-18)29-10-12-30(13-11-29)35(32,33)19-7-9-21(25)20(15-19)24(31)28-16-2-8-22(26)23(27)14-16/h2-9,14-15H,10-13H2,1H3,(H,28,31). The van der Waals surface area contributed by atoms with E-state index in [1.807, 2.05) is 29.2 Å². The van der Waals surface area contributed by atoms with Gasteiger partial charge in [0.05, 0.1) is 17.6 Å². The summed E-state index contributed by atoms with van der Waals surface area (Å²) in [5.74, 6) is -3.51. The summed E-state index contributed by atoms with van der Waals surface area (Å²) in [6, 6.07) is 13.0. The molecule has 1 amide bonds. The zero-order valence-electron chi connectivity index (χ0n) is 18.7. The van der Waals surface area contributed by atoms with Crippen molar-refractivity contribution in [2.75, 3.05) is 43.5 Å². The highest BCUT2D eigenvalue weighted by Crippen LogP contribution is 2.25. The fourth-order valence-electron chi connectivity index (χ4n) is 3.74. The summed E-state index contributed by atoms with van der Waals surface area (Å²) >= 11 is 0. The van der Waals surface area contributed by atoms with Crippen LogP contribution in [-0.2, 0) is 10.0 Å². The highest BCUT2D eigenvalue weighted by Gasteiger charge is 2.30. The number of halogens is 3. The molecule has 0 unspecified atom stereocenters. The SMILES string of the molecule is COc1ccc(N2CCN(S(=O)(=O)c3ccc(F)c(C(=O)Nc4ccc(F)c(F)c4)c3)CC2)cc1. The molecule has 1 saturated heterocycles. The summed E-state index contributed by atoms with van der Waals surface area (Å²) < 4.78 is 73.7. The molecule has 35 heavy (non-hydrogen) atoms. The molecule has 3 aromatic rings. The smallest absolute Gasteiger partial charge is 0.258 e. The van der Waals surface area contributed by atoms with E-state index < -0.39 is 38.9 Å². The molecular weight excluding hydrogens is 483 g/mol. The van der Waals surface area contributed by atoms with Gasteiger partial charge in [-0.25, -0.2) is 21.6 Å². The molecule has 1 N–H and O–H groups in total. The van der Waals surface area contributed by atoms with Crippen LogP contribution < -0.4 is 15.0 Å². The summed E-state index contributed by atoms with van der Waals surface area (Å²) in [7, 11) is -2.43. The van der Waals surface area contributed by atoms with E-state index in [9.17, 15) is 26.4 Å². The van der Waals surface area contributed by atoms with Gasteiger partial charge < -0.3 is 15.0 Å². The van der Waals surface area contributed by atoms with Crippen LogP contribution in [-0.4, -0.2) is 51.9 Å². The number of sulfonamides is 1. The van der Waals surface area contributed by atoms with Gasteiger partial charge in [-0.05, 0) is 54.6 Å². The van der Waals surface area contributed by atoms with Crippen LogP contribution in [0.15, 0.2) is 65.6 Å². The van der Waals surface area contributed by atoms with Crippen molar-refractivity contribution >= 4 is 27.3 Å². The van der Waals surface area contributed by atoms with Crippen LogP contribution in [0.2, 0.25) is 0 Å². The minimum Gasteiger partial charge on any atom is -0.497 e. The Morgan fingerprint density at radius 2 is 1.51 bits per heavy atom. The first-order valence-electron chi connectivity index (χ1n) is 10.6. The third kappa shape index (κ3) is 5.25.